The van der Waals surface area contributed by atoms with Gasteiger partial charge >= 0.3 is 21.7 Å². The van der Waals surface area contributed by atoms with Crippen LogP contribution in [-0.4, -0.2) is 0 Å². The summed E-state index contributed by atoms with van der Waals surface area (Å²) in [7, 11) is 0. The van der Waals surface area contributed by atoms with Crippen molar-refractivity contribution in [3.05, 3.63) is 101 Å². The van der Waals surface area contributed by atoms with Crippen molar-refractivity contribution >= 4 is 0 Å². The van der Waals surface area contributed by atoms with Crippen LogP contribution in [0.15, 0.2) is 78.9 Å². The summed E-state index contributed by atoms with van der Waals surface area (Å²) in [5, 5.41) is 0. The second kappa shape index (κ2) is 12.0. The van der Waals surface area contributed by atoms with Crippen LogP contribution in [-0.2, 0) is 27.1 Å². The molecule has 3 aromatic carbocycles. The summed E-state index contributed by atoms with van der Waals surface area (Å²) in [6.45, 7) is 6.87. The minimum atomic E-state index is 0. The van der Waals surface area contributed by atoms with Gasteiger partial charge in [0.05, 0.1) is 0 Å². The zero-order valence-corrected chi connectivity index (χ0v) is 19.0. The predicted molar refractivity (Wildman–Crippen MR) is 94.6 cm³/mol. The SMILES string of the molecule is CC(C)(C)c1ccc[c-]1C(c1ccccc1)c1ccccc1.[Cl-].[Cl-].[Cl-].[Ti+4]. The molecule has 0 fully saturated rings. The van der Waals surface area contributed by atoms with E-state index < -0.39 is 0 Å². The average Bonchev–Trinajstić information content (AvgIpc) is 2.99. The Balaban J connectivity index is 0. The zero-order valence-electron chi connectivity index (χ0n) is 15.2. The number of rotatable bonds is 3. The summed E-state index contributed by atoms with van der Waals surface area (Å²) >= 11 is 0. The van der Waals surface area contributed by atoms with Crippen LogP contribution in [0.4, 0.5) is 0 Å². The molecule has 0 unspecified atom stereocenters. The monoisotopic (exact) mass is 440 g/mol. The van der Waals surface area contributed by atoms with E-state index in [9.17, 15) is 0 Å². The molecule has 3 aromatic rings. The van der Waals surface area contributed by atoms with Gasteiger partial charge in [-0.05, 0) is 22.5 Å². The van der Waals surface area contributed by atoms with Gasteiger partial charge < -0.3 is 37.2 Å². The first-order valence-corrected chi connectivity index (χ1v) is 7.93. The Morgan fingerprint density at radius 3 is 1.46 bits per heavy atom. The quantitative estimate of drug-likeness (QED) is 0.298. The molecule has 0 aromatic heterocycles. The van der Waals surface area contributed by atoms with Crippen molar-refractivity contribution in [3.63, 3.8) is 0 Å². The van der Waals surface area contributed by atoms with E-state index in [1.54, 1.807) is 0 Å². The largest absolute Gasteiger partial charge is 4.00 e. The standard InChI is InChI=1S/C22H23.3ClH.Ti/c1-22(2,3)20-16-10-15-19(20)21(17-11-6-4-7-12-17)18-13-8-5-9-14-18;;;;/h4-16,21H,1-3H3;3*1H;/q-1;;;;+4/p-3. The molecule has 0 N–H and O–H groups in total. The minimum absolute atomic E-state index is 0. The van der Waals surface area contributed by atoms with Gasteiger partial charge in [0.2, 0.25) is 0 Å². The Labute approximate surface area is 191 Å². The fraction of sp³-hybridized carbons (Fsp3) is 0.227. The summed E-state index contributed by atoms with van der Waals surface area (Å²) in [4.78, 5) is 0. The van der Waals surface area contributed by atoms with Crippen molar-refractivity contribution in [2.75, 3.05) is 0 Å². The maximum absolute atomic E-state index is 2.29. The van der Waals surface area contributed by atoms with Gasteiger partial charge in [0.15, 0.2) is 0 Å². The summed E-state index contributed by atoms with van der Waals surface area (Å²) in [6, 6.07) is 28.4. The first-order chi connectivity index (χ1) is 10.6. The molecule has 0 saturated carbocycles. The van der Waals surface area contributed by atoms with E-state index in [-0.39, 0.29) is 64.4 Å². The summed E-state index contributed by atoms with van der Waals surface area (Å²) in [5.74, 6) is 0.298. The van der Waals surface area contributed by atoms with Crippen LogP contribution < -0.4 is 37.2 Å². The Morgan fingerprint density at radius 1 is 0.654 bits per heavy atom. The fourth-order valence-electron chi connectivity index (χ4n) is 3.21. The van der Waals surface area contributed by atoms with Crippen molar-refractivity contribution in [2.24, 2.45) is 0 Å². The molecule has 4 heteroatoms. The molecule has 26 heavy (non-hydrogen) atoms. The molecule has 0 aliphatic rings. The number of hydrogen-bond acceptors (Lipinski definition) is 0. The van der Waals surface area contributed by atoms with Gasteiger partial charge in [-0.25, -0.2) is 12.1 Å². The van der Waals surface area contributed by atoms with Crippen molar-refractivity contribution < 1.29 is 58.9 Å². The van der Waals surface area contributed by atoms with Crippen molar-refractivity contribution in [2.45, 2.75) is 32.1 Å². The summed E-state index contributed by atoms with van der Waals surface area (Å²) < 4.78 is 0. The van der Waals surface area contributed by atoms with E-state index >= 15 is 0 Å². The number of halogens is 3. The van der Waals surface area contributed by atoms with E-state index in [1.165, 1.54) is 22.3 Å². The van der Waals surface area contributed by atoms with Crippen LogP contribution in [0.3, 0.4) is 0 Å². The van der Waals surface area contributed by atoms with E-state index in [2.05, 4.69) is 99.6 Å². The molecule has 0 spiro atoms. The molecule has 0 heterocycles. The molecule has 136 valence electrons. The predicted octanol–water partition coefficient (Wildman–Crippen LogP) is -3.11. The molecule has 0 amide bonds. The Bertz CT molecular complexity index is 691. The molecular weight excluding hydrogens is 418 g/mol. The van der Waals surface area contributed by atoms with Crippen molar-refractivity contribution in [1.82, 2.24) is 0 Å². The third kappa shape index (κ3) is 6.22. The van der Waals surface area contributed by atoms with Crippen LogP contribution >= 0.6 is 0 Å². The normalized spacial score (nSPS) is 10.0. The average molecular weight is 442 g/mol. The Kier molecular flexibility index (Phi) is 12.7. The fourth-order valence-corrected chi connectivity index (χ4v) is 3.21. The van der Waals surface area contributed by atoms with Gasteiger partial charge in [-0.2, -0.15) is 11.6 Å². The molecule has 0 saturated heterocycles. The Morgan fingerprint density at radius 2 is 1.08 bits per heavy atom. The third-order valence-electron chi connectivity index (χ3n) is 4.23. The first-order valence-electron chi connectivity index (χ1n) is 7.93. The number of benzene rings is 2. The van der Waals surface area contributed by atoms with Gasteiger partial charge in [-0.15, -0.1) is 5.56 Å². The van der Waals surface area contributed by atoms with Gasteiger partial charge in [0.1, 0.15) is 0 Å². The first kappa shape index (κ1) is 27.6. The maximum atomic E-state index is 2.29. The Hall–Kier alpha value is -0.626. The van der Waals surface area contributed by atoms with Gasteiger partial charge in [0.25, 0.3) is 0 Å². The van der Waals surface area contributed by atoms with Crippen LogP contribution in [0.5, 0.6) is 0 Å². The second-order valence-electron chi connectivity index (χ2n) is 6.90. The molecular formula is C22H23Cl3Ti. The molecule has 3 rings (SSSR count). The molecule has 0 bridgehead atoms. The van der Waals surface area contributed by atoms with Crippen LogP contribution in [0.2, 0.25) is 0 Å². The summed E-state index contributed by atoms with van der Waals surface area (Å²) in [5.41, 5.74) is 5.71. The molecule has 0 aliphatic heterocycles. The minimum Gasteiger partial charge on any atom is -1.00 e. The maximum Gasteiger partial charge on any atom is 4.00 e. The van der Waals surface area contributed by atoms with Crippen LogP contribution in [0.25, 0.3) is 0 Å². The van der Waals surface area contributed by atoms with E-state index in [0.717, 1.165) is 0 Å². The number of hydrogen-bond donors (Lipinski definition) is 0. The summed E-state index contributed by atoms with van der Waals surface area (Å²) in [6.07, 6.45) is 0. The molecule has 0 radical (unpaired) electrons. The topological polar surface area (TPSA) is 0 Å². The molecule has 0 aliphatic carbocycles. The van der Waals surface area contributed by atoms with E-state index in [0.29, 0.717) is 5.92 Å². The van der Waals surface area contributed by atoms with Gasteiger partial charge in [-0.3, -0.25) is 0 Å². The van der Waals surface area contributed by atoms with Gasteiger partial charge in [-0.1, -0.05) is 81.4 Å². The third-order valence-corrected chi connectivity index (χ3v) is 4.23. The van der Waals surface area contributed by atoms with Gasteiger partial charge in [0, 0.05) is 0 Å². The van der Waals surface area contributed by atoms with Crippen LogP contribution in [0, 0.1) is 0 Å². The van der Waals surface area contributed by atoms with E-state index in [4.69, 9.17) is 0 Å². The molecule has 0 nitrogen and oxygen atoms in total. The second-order valence-corrected chi connectivity index (χ2v) is 6.90. The molecule has 0 atom stereocenters. The smallest absolute Gasteiger partial charge is 1.00 e. The van der Waals surface area contributed by atoms with Crippen molar-refractivity contribution in [1.29, 1.82) is 0 Å². The zero-order chi connectivity index (χ0) is 15.6. The van der Waals surface area contributed by atoms with Crippen LogP contribution in [0.1, 0.15) is 48.9 Å². The van der Waals surface area contributed by atoms with E-state index in [1.807, 2.05) is 0 Å². The van der Waals surface area contributed by atoms with Crippen molar-refractivity contribution in [3.8, 4) is 0 Å².